The van der Waals surface area contributed by atoms with Crippen LogP contribution in [-0.2, 0) is 9.47 Å². The number of aliphatic hydroxyl groups excluding tert-OH is 1. The van der Waals surface area contributed by atoms with E-state index in [9.17, 15) is 4.79 Å². The van der Waals surface area contributed by atoms with Crippen molar-refractivity contribution in [1.29, 1.82) is 0 Å². The van der Waals surface area contributed by atoms with Crippen molar-refractivity contribution in [1.82, 2.24) is 15.2 Å². The largest absolute Gasteiger partial charge is 0.391 e. The van der Waals surface area contributed by atoms with Gasteiger partial charge in [-0.25, -0.2) is 4.98 Å². The Balaban J connectivity index is 2.07. The fourth-order valence-electron chi connectivity index (χ4n) is 1.22. The molecule has 0 aliphatic carbocycles. The molecule has 0 saturated carbocycles. The molecule has 0 aromatic carbocycles. The first kappa shape index (κ1) is 10.0. The van der Waals surface area contributed by atoms with Crippen LogP contribution in [0.4, 0.5) is 0 Å². The summed E-state index contributed by atoms with van der Waals surface area (Å²) in [4.78, 5) is 14.5. The maximum atomic E-state index is 10.7. The van der Waals surface area contributed by atoms with E-state index in [-0.39, 0.29) is 19.0 Å². The predicted octanol–water partition coefficient (Wildman–Crippen LogP) is -1.69. The first-order valence-corrected chi connectivity index (χ1v) is 4.30. The van der Waals surface area contributed by atoms with E-state index in [1.807, 2.05) is 0 Å². The number of aromatic amines is 1. The minimum Gasteiger partial charge on any atom is -0.391 e. The molecule has 1 aromatic rings. The van der Waals surface area contributed by atoms with E-state index in [1.54, 1.807) is 0 Å². The number of rotatable bonds is 3. The summed E-state index contributed by atoms with van der Waals surface area (Å²) in [5, 5.41) is 14.9. The number of aliphatic hydroxyl groups is 1. The number of nitrogens with zero attached hydrogens (tertiary/aromatic N) is 2. The Morgan fingerprint density at radius 2 is 2.53 bits per heavy atom. The number of carbonyl (C=O) groups excluding carboxylic acids is 1. The number of hydrogen-bond acceptors (Lipinski definition) is 6. The summed E-state index contributed by atoms with van der Waals surface area (Å²) in [5.74, 6) is -0.448. The second-order valence-electron chi connectivity index (χ2n) is 2.98. The number of hydrogen-bond donors (Lipinski definition) is 3. The highest BCUT2D eigenvalue weighted by Gasteiger charge is 2.29. The van der Waals surface area contributed by atoms with Crippen LogP contribution in [0.5, 0.6) is 0 Å². The van der Waals surface area contributed by atoms with Gasteiger partial charge in [-0.2, -0.15) is 0 Å². The lowest BCUT2D eigenvalue weighted by Gasteiger charge is -2.05. The van der Waals surface area contributed by atoms with Crippen molar-refractivity contribution >= 4 is 5.91 Å². The lowest BCUT2D eigenvalue weighted by molar-refractivity contribution is -0.0891. The lowest BCUT2D eigenvalue weighted by Crippen LogP contribution is -2.14. The summed E-state index contributed by atoms with van der Waals surface area (Å²) < 4.78 is 10.3. The van der Waals surface area contributed by atoms with E-state index in [1.165, 1.54) is 0 Å². The van der Waals surface area contributed by atoms with E-state index in [0.29, 0.717) is 5.82 Å². The maximum Gasteiger partial charge on any atom is 0.288 e. The highest BCUT2D eigenvalue weighted by Crippen LogP contribution is 2.23. The van der Waals surface area contributed by atoms with Crippen molar-refractivity contribution in [3.63, 3.8) is 0 Å². The molecule has 0 unspecified atom stereocenters. The molecule has 82 valence electrons. The van der Waals surface area contributed by atoms with Crippen LogP contribution in [0, 0.1) is 0 Å². The summed E-state index contributed by atoms with van der Waals surface area (Å²) >= 11 is 0. The number of carbonyl (C=O) groups is 1. The Kier molecular flexibility index (Phi) is 2.62. The number of nitrogens with two attached hydrogens (primary N) is 1. The third kappa shape index (κ3) is 1.96. The molecular formula is C7H10N4O4. The monoisotopic (exact) mass is 214 g/mol. The molecule has 0 spiro atoms. The molecular weight excluding hydrogens is 204 g/mol. The molecule has 2 rings (SSSR count). The first-order chi connectivity index (χ1) is 7.20. The third-order valence-corrected chi connectivity index (χ3v) is 1.93. The Labute approximate surface area is 84.4 Å². The van der Waals surface area contributed by atoms with Gasteiger partial charge < -0.3 is 20.3 Å². The van der Waals surface area contributed by atoms with Crippen LogP contribution >= 0.6 is 0 Å². The highest BCUT2D eigenvalue weighted by molar-refractivity contribution is 5.88. The van der Waals surface area contributed by atoms with Gasteiger partial charge in [0, 0.05) is 0 Å². The summed E-state index contributed by atoms with van der Waals surface area (Å²) in [5.41, 5.74) is 4.98. The molecule has 4 N–H and O–H groups in total. The minimum absolute atomic E-state index is 0.0963. The fourth-order valence-corrected chi connectivity index (χ4v) is 1.22. The summed E-state index contributed by atoms with van der Waals surface area (Å²) in [6.07, 6.45) is -1.11. The van der Waals surface area contributed by atoms with Crippen LogP contribution < -0.4 is 5.73 Å². The molecule has 1 saturated heterocycles. The molecule has 1 aliphatic heterocycles. The van der Waals surface area contributed by atoms with Crippen molar-refractivity contribution in [2.45, 2.75) is 12.4 Å². The molecule has 2 heterocycles. The fraction of sp³-hybridized carbons (Fsp3) is 0.571. The van der Waals surface area contributed by atoms with Crippen LogP contribution in [0.25, 0.3) is 0 Å². The SMILES string of the molecule is NC(=O)c1n[nH]c([C@H]2CO[C@@H](CO)O2)n1. The number of ether oxygens (including phenoxy) is 2. The Hall–Kier alpha value is -1.51. The normalized spacial score (nSPS) is 25.7. The van der Waals surface area contributed by atoms with Gasteiger partial charge in [0.2, 0.25) is 5.82 Å². The van der Waals surface area contributed by atoms with Gasteiger partial charge in [-0.15, -0.1) is 5.10 Å². The van der Waals surface area contributed by atoms with Crippen molar-refractivity contribution < 1.29 is 19.4 Å². The number of primary amides is 1. The van der Waals surface area contributed by atoms with E-state index in [0.717, 1.165) is 0 Å². The molecule has 0 radical (unpaired) electrons. The van der Waals surface area contributed by atoms with E-state index >= 15 is 0 Å². The van der Waals surface area contributed by atoms with Gasteiger partial charge in [-0.05, 0) is 0 Å². The van der Waals surface area contributed by atoms with E-state index in [2.05, 4.69) is 15.2 Å². The van der Waals surface area contributed by atoms with Crippen LogP contribution in [0.2, 0.25) is 0 Å². The van der Waals surface area contributed by atoms with Crippen molar-refractivity contribution in [2.24, 2.45) is 5.73 Å². The number of aromatic nitrogens is 3. The lowest BCUT2D eigenvalue weighted by atomic mass is 10.4. The van der Waals surface area contributed by atoms with Gasteiger partial charge in [0.05, 0.1) is 13.2 Å². The number of amides is 1. The van der Waals surface area contributed by atoms with E-state index in [4.69, 9.17) is 20.3 Å². The minimum atomic E-state index is -0.713. The van der Waals surface area contributed by atoms with Gasteiger partial charge in [-0.3, -0.25) is 9.89 Å². The summed E-state index contributed by atoms with van der Waals surface area (Å²) in [6.45, 7) is 0.0198. The molecule has 2 atom stereocenters. The number of H-pyrrole nitrogens is 1. The molecule has 0 bridgehead atoms. The van der Waals surface area contributed by atoms with Gasteiger partial charge >= 0.3 is 0 Å². The molecule has 8 nitrogen and oxygen atoms in total. The molecule has 1 fully saturated rings. The topological polar surface area (TPSA) is 123 Å². The van der Waals surface area contributed by atoms with Crippen LogP contribution in [0.3, 0.4) is 0 Å². The average Bonchev–Trinajstić information content (AvgIpc) is 2.86. The van der Waals surface area contributed by atoms with Gasteiger partial charge in [-0.1, -0.05) is 0 Å². The maximum absolute atomic E-state index is 10.7. The van der Waals surface area contributed by atoms with Crippen molar-refractivity contribution in [3.05, 3.63) is 11.6 Å². The molecule has 1 aliphatic rings. The Morgan fingerprint density at radius 3 is 3.07 bits per heavy atom. The Morgan fingerprint density at radius 1 is 1.73 bits per heavy atom. The predicted molar refractivity (Wildman–Crippen MR) is 45.6 cm³/mol. The van der Waals surface area contributed by atoms with Gasteiger partial charge in [0.25, 0.3) is 5.91 Å². The van der Waals surface area contributed by atoms with Gasteiger partial charge in [0.15, 0.2) is 12.1 Å². The quantitative estimate of drug-likeness (QED) is 0.551. The van der Waals surface area contributed by atoms with Crippen LogP contribution in [0.15, 0.2) is 0 Å². The van der Waals surface area contributed by atoms with Crippen LogP contribution in [-0.4, -0.2) is 45.7 Å². The molecule has 15 heavy (non-hydrogen) atoms. The Bertz CT molecular complexity index is 366. The molecule has 1 aromatic heterocycles. The van der Waals surface area contributed by atoms with Crippen LogP contribution in [0.1, 0.15) is 22.5 Å². The third-order valence-electron chi connectivity index (χ3n) is 1.93. The van der Waals surface area contributed by atoms with Crippen molar-refractivity contribution in [2.75, 3.05) is 13.2 Å². The first-order valence-electron chi connectivity index (χ1n) is 4.30. The zero-order valence-electron chi connectivity index (χ0n) is 7.71. The summed E-state index contributed by atoms with van der Waals surface area (Å²) in [6, 6.07) is 0. The second-order valence-corrected chi connectivity index (χ2v) is 2.98. The summed E-state index contributed by atoms with van der Waals surface area (Å²) in [7, 11) is 0. The zero-order chi connectivity index (χ0) is 10.8. The average molecular weight is 214 g/mol. The standard InChI is InChI=1S/C7H10N4O4/c8-5(13)7-9-6(10-11-7)3-2-14-4(1-12)15-3/h3-4,12H,1-2H2,(H2,8,13)(H,9,10,11)/t3-,4-/m1/s1. The highest BCUT2D eigenvalue weighted by atomic mass is 16.7. The van der Waals surface area contributed by atoms with Gasteiger partial charge in [0.1, 0.15) is 6.10 Å². The molecule has 1 amide bonds. The smallest absolute Gasteiger partial charge is 0.288 e. The molecule has 8 heteroatoms. The second kappa shape index (κ2) is 3.93. The van der Waals surface area contributed by atoms with E-state index < -0.39 is 18.3 Å². The van der Waals surface area contributed by atoms with Crippen molar-refractivity contribution in [3.8, 4) is 0 Å². The number of nitrogens with one attached hydrogen (secondary N) is 1. The zero-order valence-corrected chi connectivity index (χ0v) is 7.71.